The van der Waals surface area contributed by atoms with Crippen LogP contribution in [0.25, 0.3) is 0 Å². The summed E-state index contributed by atoms with van der Waals surface area (Å²) in [4.78, 5) is 11.1. The number of ether oxygens (including phenoxy) is 1. The number of hydrogen-bond donors (Lipinski definition) is 0. The molecule has 14 heavy (non-hydrogen) atoms. The minimum absolute atomic E-state index is 0.0428. The number of esters is 1. The lowest BCUT2D eigenvalue weighted by molar-refractivity contribution is -0.140. The van der Waals surface area contributed by atoms with Crippen LogP contribution in [0.1, 0.15) is 45.4 Å². The summed E-state index contributed by atoms with van der Waals surface area (Å²) in [6.45, 7) is 2.81. The second-order valence-corrected chi connectivity index (χ2v) is 3.84. The van der Waals surface area contributed by atoms with Gasteiger partial charge >= 0.3 is 5.97 Å². The summed E-state index contributed by atoms with van der Waals surface area (Å²) in [7, 11) is 0. The van der Waals surface area contributed by atoms with Crippen LogP contribution in [0.15, 0.2) is 12.2 Å². The maximum absolute atomic E-state index is 11.1. The fourth-order valence-corrected chi connectivity index (χ4v) is 1.64. The zero-order valence-electron chi connectivity index (χ0n) is 9.00. The van der Waals surface area contributed by atoms with Gasteiger partial charge in [-0.05, 0) is 19.3 Å². The minimum Gasteiger partial charge on any atom is -0.465 e. The lowest BCUT2D eigenvalue weighted by Crippen LogP contribution is -2.03. The second-order valence-electron chi connectivity index (χ2n) is 3.84. The molecule has 2 heteroatoms. The Morgan fingerprint density at radius 2 is 2.29 bits per heavy atom. The molecule has 2 nitrogen and oxygen atoms in total. The first-order valence-electron chi connectivity index (χ1n) is 5.68. The summed E-state index contributed by atoms with van der Waals surface area (Å²) >= 11 is 0. The third-order valence-electron chi connectivity index (χ3n) is 2.57. The molecular weight excluding hydrogens is 176 g/mol. The van der Waals surface area contributed by atoms with E-state index < -0.39 is 0 Å². The van der Waals surface area contributed by atoms with Crippen molar-refractivity contribution in [3.05, 3.63) is 12.2 Å². The Kier molecular flexibility index (Phi) is 5.35. The van der Waals surface area contributed by atoms with Crippen molar-refractivity contribution in [2.75, 3.05) is 6.61 Å². The number of carbonyl (C=O) groups is 1. The van der Waals surface area contributed by atoms with Gasteiger partial charge in [0.15, 0.2) is 0 Å². The largest absolute Gasteiger partial charge is 0.465 e. The average molecular weight is 196 g/mol. The van der Waals surface area contributed by atoms with Crippen molar-refractivity contribution in [1.82, 2.24) is 0 Å². The Bertz CT molecular complexity index is 196. The van der Waals surface area contributed by atoms with Gasteiger partial charge in [0.25, 0.3) is 0 Å². The van der Waals surface area contributed by atoms with Crippen molar-refractivity contribution < 1.29 is 9.53 Å². The van der Waals surface area contributed by atoms with Crippen molar-refractivity contribution in [3.63, 3.8) is 0 Å². The summed E-state index contributed by atoms with van der Waals surface area (Å²) < 4.78 is 4.87. The van der Waals surface area contributed by atoms with E-state index in [1.807, 2.05) is 6.08 Å². The molecule has 1 heterocycles. The van der Waals surface area contributed by atoms with Crippen LogP contribution in [-0.2, 0) is 9.53 Å². The molecule has 0 aromatic rings. The highest BCUT2D eigenvalue weighted by Gasteiger charge is 2.22. The predicted molar refractivity (Wildman–Crippen MR) is 57.0 cm³/mol. The highest BCUT2D eigenvalue weighted by atomic mass is 16.5. The topological polar surface area (TPSA) is 26.3 Å². The Hall–Kier alpha value is -0.790. The van der Waals surface area contributed by atoms with E-state index in [1.54, 1.807) is 0 Å². The van der Waals surface area contributed by atoms with E-state index in [-0.39, 0.29) is 11.9 Å². The van der Waals surface area contributed by atoms with Gasteiger partial charge in [0.1, 0.15) is 0 Å². The molecule has 0 aliphatic carbocycles. The Morgan fingerprint density at radius 1 is 1.43 bits per heavy atom. The molecule has 0 unspecified atom stereocenters. The van der Waals surface area contributed by atoms with Gasteiger partial charge in [0.05, 0.1) is 12.5 Å². The average Bonchev–Trinajstić information content (AvgIpc) is 2.58. The van der Waals surface area contributed by atoms with Crippen LogP contribution >= 0.6 is 0 Å². The second kappa shape index (κ2) is 6.63. The molecule has 0 radical (unpaired) electrons. The molecule has 1 saturated heterocycles. The third-order valence-corrected chi connectivity index (χ3v) is 2.57. The van der Waals surface area contributed by atoms with Gasteiger partial charge in [0.2, 0.25) is 0 Å². The number of unbranched alkanes of at least 4 members (excludes halogenated alkanes) is 4. The van der Waals surface area contributed by atoms with Crippen molar-refractivity contribution in [2.24, 2.45) is 5.92 Å². The number of cyclic esters (lactones) is 1. The summed E-state index contributed by atoms with van der Waals surface area (Å²) in [6.07, 6.45) is 11.3. The SMILES string of the molecule is CCCCCC/C=C\[C@@H]1CCOC1=O. The van der Waals surface area contributed by atoms with Gasteiger partial charge < -0.3 is 4.74 Å². The van der Waals surface area contributed by atoms with Gasteiger partial charge in [0, 0.05) is 0 Å². The molecule has 1 aliphatic rings. The Labute approximate surface area is 86.3 Å². The molecule has 1 atom stereocenters. The summed E-state index contributed by atoms with van der Waals surface area (Å²) in [6, 6.07) is 0. The summed E-state index contributed by atoms with van der Waals surface area (Å²) in [5, 5.41) is 0. The number of hydrogen-bond acceptors (Lipinski definition) is 2. The molecule has 0 saturated carbocycles. The van der Waals surface area contributed by atoms with E-state index >= 15 is 0 Å². The normalized spacial score (nSPS) is 21.8. The van der Waals surface area contributed by atoms with Gasteiger partial charge in [-0.15, -0.1) is 0 Å². The number of allylic oxidation sites excluding steroid dienone is 1. The van der Waals surface area contributed by atoms with E-state index in [4.69, 9.17) is 4.74 Å². The summed E-state index contributed by atoms with van der Waals surface area (Å²) in [5.74, 6) is -0.00372. The van der Waals surface area contributed by atoms with Gasteiger partial charge in [-0.3, -0.25) is 4.79 Å². The number of rotatable bonds is 6. The third kappa shape index (κ3) is 3.95. The quantitative estimate of drug-likeness (QED) is 0.371. The Balaban J connectivity index is 2.05. The molecule has 0 spiro atoms. The molecular formula is C12H20O2. The lowest BCUT2D eigenvalue weighted by atomic mass is 10.1. The highest BCUT2D eigenvalue weighted by Crippen LogP contribution is 2.16. The zero-order chi connectivity index (χ0) is 10.2. The molecule has 80 valence electrons. The van der Waals surface area contributed by atoms with Crippen molar-refractivity contribution in [3.8, 4) is 0 Å². The first-order chi connectivity index (χ1) is 6.84. The fourth-order valence-electron chi connectivity index (χ4n) is 1.64. The van der Waals surface area contributed by atoms with Crippen molar-refractivity contribution >= 4 is 5.97 Å². The van der Waals surface area contributed by atoms with Crippen LogP contribution in [0.2, 0.25) is 0 Å². The molecule has 1 aliphatic heterocycles. The monoisotopic (exact) mass is 196 g/mol. The van der Waals surface area contributed by atoms with E-state index in [0.29, 0.717) is 6.61 Å². The molecule has 1 rings (SSSR count). The van der Waals surface area contributed by atoms with Crippen LogP contribution in [-0.4, -0.2) is 12.6 Å². The maximum Gasteiger partial charge on any atom is 0.312 e. The first kappa shape index (κ1) is 11.3. The Morgan fingerprint density at radius 3 is 2.93 bits per heavy atom. The van der Waals surface area contributed by atoms with Crippen LogP contribution in [0.4, 0.5) is 0 Å². The van der Waals surface area contributed by atoms with Crippen LogP contribution in [0.3, 0.4) is 0 Å². The van der Waals surface area contributed by atoms with E-state index in [1.165, 1.54) is 25.7 Å². The van der Waals surface area contributed by atoms with E-state index in [2.05, 4.69) is 13.0 Å². The van der Waals surface area contributed by atoms with Crippen LogP contribution in [0, 0.1) is 5.92 Å². The smallest absolute Gasteiger partial charge is 0.312 e. The zero-order valence-corrected chi connectivity index (χ0v) is 9.00. The minimum atomic E-state index is -0.0465. The fraction of sp³-hybridized carbons (Fsp3) is 0.750. The summed E-state index contributed by atoms with van der Waals surface area (Å²) in [5.41, 5.74) is 0. The molecule has 0 amide bonds. The maximum atomic E-state index is 11.1. The van der Waals surface area contributed by atoms with E-state index in [9.17, 15) is 4.79 Å². The van der Waals surface area contributed by atoms with Gasteiger partial charge in [-0.1, -0.05) is 38.3 Å². The lowest BCUT2D eigenvalue weighted by Gasteiger charge is -1.97. The predicted octanol–water partition coefficient (Wildman–Crippen LogP) is 3.08. The highest BCUT2D eigenvalue weighted by molar-refractivity contribution is 5.76. The molecule has 1 fully saturated rings. The van der Waals surface area contributed by atoms with Crippen LogP contribution in [0.5, 0.6) is 0 Å². The van der Waals surface area contributed by atoms with Gasteiger partial charge in [-0.25, -0.2) is 0 Å². The molecule has 0 aromatic heterocycles. The van der Waals surface area contributed by atoms with Gasteiger partial charge in [-0.2, -0.15) is 0 Å². The van der Waals surface area contributed by atoms with Crippen molar-refractivity contribution in [1.29, 1.82) is 0 Å². The number of carbonyl (C=O) groups excluding carboxylic acids is 1. The molecule has 0 bridgehead atoms. The standard InChI is InChI=1S/C12H20O2/c1-2-3-4-5-6-7-8-11-9-10-14-12(11)13/h7-8,11H,2-6,9-10H2,1H3/b8-7-/t11-/m1/s1. The first-order valence-corrected chi connectivity index (χ1v) is 5.68. The van der Waals surface area contributed by atoms with Crippen LogP contribution < -0.4 is 0 Å². The van der Waals surface area contributed by atoms with E-state index in [0.717, 1.165) is 12.8 Å². The molecule has 0 N–H and O–H groups in total. The molecule has 0 aromatic carbocycles. The van der Waals surface area contributed by atoms with Crippen molar-refractivity contribution in [2.45, 2.75) is 45.4 Å².